The third-order valence-corrected chi connectivity index (χ3v) is 4.43. The Bertz CT molecular complexity index is 591. The van der Waals surface area contributed by atoms with Crippen LogP contribution in [-0.4, -0.2) is 14.5 Å². The number of anilines is 1. The predicted octanol–water partition coefficient (Wildman–Crippen LogP) is 1.92. The Morgan fingerprint density at radius 1 is 1.56 bits per heavy atom. The van der Waals surface area contributed by atoms with Crippen LogP contribution in [0.1, 0.15) is 18.9 Å². The number of nitrogens with two attached hydrogens (primary N) is 1. The fourth-order valence-corrected chi connectivity index (χ4v) is 3.16. The number of hydrogen-bond donors (Lipinski definition) is 2. The van der Waals surface area contributed by atoms with E-state index in [9.17, 15) is 8.42 Å². The molecule has 0 radical (unpaired) electrons. The SMILES string of the molecule is C#CC(CC)NS(=O)(=O)c1cc(N)c(Cl)cc1C. The predicted molar refractivity (Wildman–Crippen MR) is 73.8 cm³/mol. The van der Waals surface area contributed by atoms with E-state index in [1.165, 1.54) is 12.1 Å². The minimum Gasteiger partial charge on any atom is -0.397 e. The molecule has 6 heteroatoms. The fourth-order valence-electron chi connectivity index (χ4n) is 1.44. The van der Waals surface area contributed by atoms with Gasteiger partial charge >= 0.3 is 0 Å². The van der Waals surface area contributed by atoms with Crippen molar-refractivity contribution in [3.8, 4) is 12.3 Å². The van der Waals surface area contributed by atoms with Gasteiger partial charge in [0.1, 0.15) is 0 Å². The van der Waals surface area contributed by atoms with Crippen molar-refractivity contribution in [1.29, 1.82) is 0 Å². The first-order valence-electron chi connectivity index (χ1n) is 5.36. The number of terminal acetylenes is 1. The number of nitrogens with one attached hydrogen (secondary N) is 1. The highest BCUT2D eigenvalue weighted by Gasteiger charge is 2.21. The standard InChI is InChI=1S/C12H15ClN2O2S/c1-4-9(5-2)15-18(16,17)12-7-11(14)10(13)6-8(12)3/h1,6-7,9,15H,5,14H2,2-3H3. The summed E-state index contributed by atoms with van der Waals surface area (Å²) in [7, 11) is -3.68. The van der Waals surface area contributed by atoms with Crippen LogP contribution in [-0.2, 0) is 10.0 Å². The van der Waals surface area contributed by atoms with E-state index in [-0.39, 0.29) is 10.6 Å². The molecule has 0 bridgehead atoms. The highest BCUT2D eigenvalue weighted by Crippen LogP contribution is 2.26. The summed E-state index contributed by atoms with van der Waals surface area (Å²) in [5, 5.41) is 0.329. The van der Waals surface area contributed by atoms with E-state index in [1.54, 1.807) is 13.8 Å². The van der Waals surface area contributed by atoms with Gasteiger partial charge in [-0.05, 0) is 31.0 Å². The van der Waals surface area contributed by atoms with Crippen molar-refractivity contribution in [3.05, 3.63) is 22.7 Å². The lowest BCUT2D eigenvalue weighted by Crippen LogP contribution is -2.33. The molecular formula is C12H15ClN2O2S. The molecule has 1 aromatic carbocycles. The van der Waals surface area contributed by atoms with E-state index in [4.69, 9.17) is 23.8 Å². The van der Waals surface area contributed by atoms with Crippen molar-refractivity contribution in [3.63, 3.8) is 0 Å². The topological polar surface area (TPSA) is 72.2 Å². The first-order chi connectivity index (χ1) is 8.31. The lowest BCUT2D eigenvalue weighted by atomic mass is 10.2. The van der Waals surface area contributed by atoms with Crippen LogP contribution in [0.15, 0.2) is 17.0 Å². The molecule has 1 atom stereocenters. The molecule has 0 saturated heterocycles. The number of aryl methyl sites for hydroxylation is 1. The minimum atomic E-state index is -3.68. The third kappa shape index (κ3) is 3.16. The van der Waals surface area contributed by atoms with Gasteiger partial charge in [0.2, 0.25) is 10.0 Å². The molecule has 0 heterocycles. The van der Waals surface area contributed by atoms with Crippen molar-refractivity contribution in [1.82, 2.24) is 4.72 Å². The van der Waals surface area contributed by atoms with Crippen molar-refractivity contribution in [2.24, 2.45) is 0 Å². The van der Waals surface area contributed by atoms with Crippen LogP contribution in [0.5, 0.6) is 0 Å². The molecule has 3 N–H and O–H groups in total. The summed E-state index contributed by atoms with van der Waals surface area (Å²) in [5.41, 5.74) is 6.36. The zero-order valence-electron chi connectivity index (χ0n) is 10.2. The lowest BCUT2D eigenvalue weighted by Gasteiger charge is -2.14. The average Bonchev–Trinajstić information content (AvgIpc) is 2.30. The molecule has 0 aliphatic heterocycles. The second-order valence-electron chi connectivity index (χ2n) is 3.89. The minimum absolute atomic E-state index is 0.0955. The summed E-state index contributed by atoms with van der Waals surface area (Å²) in [4.78, 5) is 0.0955. The van der Waals surface area contributed by atoms with Crippen LogP contribution >= 0.6 is 11.6 Å². The van der Waals surface area contributed by atoms with Crippen molar-refractivity contribution >= 4 is 27.3 Å². The van der Waals surface area contributed by atoms with E-state index in [2.05, 4.69) is 10.6 Å². The molecule has 0 aliphatic rings. The van der Waals surface area contributed by atoms with Gasteiger partial charge in [-0.1, -0.05) is 24.4 Å². The first-order valence-corrected chi connectivity index (χ1v) is 7.22. The van der Waals surface area contributed by atoms with Crippen LogP contribution in [0.25, 0.3) is 0 Å². The molecule has 1 unspecified atom stereocenters. The first kappa shape index (κ1) is 14.8. The number of hydrogen-bond acceptors (Lipinski definition) is 3. The fraction of sp³-hybridized carbons (Fsp3) is 0.333. The van der Waals surface area contributed by atoms with Crippen LogP contribution in [0.2, 0.25) is 5.02 Å². The quantitative estimate of drug-likeness (QED) is 0.656. The zero-order valence-corrected chi connectivity index (χ0v) is 11.8. The third-order valence-electron chi connectivity index (χ3n) is 2.49. The summed E-state index contributed by atoms with van der Waals surface area (Å²) in [6, 6.07) is 2.32. The Morgan fingerprint density at radius 2 is 2.17 bits per heavy atom. The van der Waals surface area contributed by atoms with E-state index >= 15 is 0 Å². The monoisotopic (exact) mass is 286 g/mol. The largest absolute Gasteiger partial charge is 0.397 e. The van der Waals surface area contributed by atoms with Crippen molar-refractivity contribution in [2.75, 3.05) is 5.73 Å². The summed E-state index contributed by atoms with van der Waals surface area (Å²) < 4.78 is 26.7. The van der Waals surface area contributed by atoms with Crippen LogP contribution in [0.3, 0.4) is 0 Å². The van der Waals surface area contributed by atoms with Crippen LogP contribution < -0.4 is 10.5 Å². The second kappa shape index (κ2) is 5.61. The van der Waals surface area contributed by atoms with Gasteiger partial charge < -0.3 is 5.73 Å². The van der Waals surface area contributed by atoms with Gasteiger partial charge in [0.25, 0.3) is 0 Å². The number of rotatable bonds is 4. The lowest BCUT2D eigenvalue weighted by molar-refractivity contribution is 0.570. The number of nitrogen functional groups attached to an aromatic ring is 1. The molecule has 0 amide bonds. The maximum Gasteiger partial charge on any atom is 0.241 e. The molecule has 1 aromatic rings. The smallest absolute Gasteiger partial charge is 0.241 e. The maximum atomic E-state index is 12.1. The summed E-state index contributed by atoms with van der Waals surface area (Å²) >= 11 is 5.82. The Hall–Kier alpha value is -1.22. The highest BCUT2D eigenvalue weighted by molar-refractivity contribution is 7.89. The van der Waals surface area contributed by atoms with E-state index in [1.807, 2.05) is 0 Å². The van der Waals surface area contributed by atoms with Crippen molar-refractivity contribution in [2.45, 2.75) is 31.2 Å². The Labute approximate surface area is 113 Å². The van der Waals surface area contributed by atoms with Gasteiger partial charge in [-0.15, -0.1) is 6.42 Å². The number of halogens is 1. The van der Waals surface area contributed by atoms with Crippen LogP contribution in [0, 0.1) is 19.3 Å². The van der Waals surface area contributed by atoms with Gasteiger partial charge in [0.05, 0.1) is 21.6 Å². The molecule has 0 saturated carbocycles. The molecule has 0 aliphatic carbocycles. The Kier molecular flexibility index (Phi) is 4.63. The van der Waals surface area contributed by atoms with Crippen LogP contribution in [0.4, 0.5) is 5.69 Å². The van der Waals surface area contributed by atoms with E-state index in [0.717, 1.165) is 0 Å². The molecule has 18 heavy (non-hydrogen) atoms. The van der Waals surface area contributed by atoms with E-state index in [0.29, 0.717) is 17.0 Å². The number of sulfonamides is 1. The normalized spacial score (nSPS) is 13.0. The molecular weight excluding hydrogens is 272 g/mol. The summed E-state index contributed by atoms with van der Waals surface area (Å²) in [5.74, 6) is 2.38. The van der Waals surface area contributed by atoms with Gasteiger partial charge in [-0.3, -0.25) is 0 Å². The molecule has 4 nitrogen and oxygen atoms in total. The Morgan fingerprint density at radius 3 is 2.67 bits per heavy atom. The molecule has 98 valence electrons. The average molecular weight is 287 g/mol. The highest BCUT2D eigenvalue weighted by atomic mass is 35.5. The Balaban J connectivity index is 3.22. The molecule has 0 fully saturated rings. The van der Waals surface area contributed by atoms with Gasteiger partial charge in [-0.25, -0.2) is 8.42 Å². The van der Waals surface area contributed by atoms with Gasteiger partial charge in [0, 0.05) is 0 Å². The number of benzene rings is 1. The second-order valence-corrected chi connectivity index (χ2v) is 5.98. The van der Waals surface area contributed by atoms with Crippen molar-refractivity contribution < 1.29 is 8.42 Å². The van der Waals surface area contributed by atoms with Gasteiger partial charge in [-0.2, -0.15) is 4.72 Å². The zero-order chi connectivity index (χ0) is 13.9. The summed E-state index contributed by atoms with van der Waals surface area (Å²) in [6.07, 6.45) is 5.75. The molecule has 1 rings (SSSR count). The summed E-state index contributed by atoms with van der Waals surface area (Å²) in [6.45, 7) is 3.45. The molecule has 0 spiro atoms. The maximum absolute atomic E-state index is 12.1. The van der Waals surface area contributed by atoms with E-state index < -0.39 is 16.1 Å². The van der Waals surface area contributed by atoms with Gasteiger partial charge in [0.15, 0.2) is 0 Å². The molecule has 0 aromatic heterocycles.